The number of rotatable bonds is 7. The quantitative estimate of drug-likeness (QED) is 0.125. The average molecular weight is 570 g/mol. The van der Waals surface area contributed by atoms with E-state index in [1.54, 1.807) is 12.1 Å². The van der Waals surface area contributed by atoms with E-state index in [0.29, 0.717) is 22.5 Å². The number of amides is 1. The van der Waals surface area contributed by atoms with Crippen LogP contribution in [-0.4, -0.2) is 72.4 Å². The maximum atomic E-state index is 12.4. The second-order valence-corrected chi connectivity index (χ2v) is 10.6. The van der Waals surface area contributed by atoms with Gasteiger partial charge >= 0.3 is 5.97 Å². The molecule has 1 aliphatic heterocycles. The number of hydrazine groups is 1. The highest BCUT2D eigenvalue weighted by Crippen LogP contribution is 2.36. The number of nitrogens with one attached hydrogen (secondary N) is 3. The molecular formula is C27H31N5O5S2. The molecule has 12 heteroatoms. The van der Waals surface area contributed by atoms with Crippen LogP contribution in [0.3, 0.4) is 0 Å². The molecule has 1 aliphatic rings. The first-order valence-corrected chi connectivity index (χ1v) is 13.6. The normalized spacial score (nSPS) is 13.5. The predicted molar refractivity (Wildman–Crippen MR) is 156 cm³/mol. The molecule has 3 aromatic rings. The third-order valence-corrected chi connectivity index (χ3v) is 7.68. The molecule has 5 N–H and O–H groups in total. The number of methoxy groups -OCH3 is 1. The van der Waals surface area contributed by atoms with Crippen molar-refractivity contribution < 1.29 is 24.5 Å². The van der Waals surface area contributed by atoms with Crippen molar-refractivity contribution in [1.82, 2.24) is 15.8 Å². The van der Waals surface area contributed by atoms with Crippen molar-refractivity contribution in [2.24, 2.45) is 0 Å². The Hall–Kier alpha value is -3.87. The third-order valence-electron chi connectivity index (χ3n) is 6.38. The Balaban J connectivity index is 1.36. The molecule has 2 heterocycles. The number of thiocarbonyl (C=S) groups is 1. The summed E-state index contributed by atoms with van der Waals surface area (Å²) in [5.41, 5.74) is 8.32. The summed E-state index contributed by atoms with van der Waals surface area (Å²) >= 11 is 6.67. The Morgan fingerprint density at radius 2 is 1.72 bits per heavy atom. The molecule has 0 unspecified atom stereocenters. The molecule has 1 amide bonds. The van der Waals surface area contributed by atoms with Crippen molar-refractivity contribution in [2.75, 3.05) is 50.6 Å². The molecule has 0 spiro atoms. The number of piperazine rings is 1. The first-order valence-electron chi connectivity index (χ1n) is 12.4. The fourth-order valence-corrected chi connectivity index (χ4v) is 5.37. The minimum absolute atomic E-state index is 0.106. The minimum Gasteiger partial charge on any atom is -0.504 e. The molecule has 1 fully saturated rings. The van der Waals surface area contributed by atoms with Gasteiger partial charge in [-0.25, -0.2) is 4.79 Å². The number of ether oxygens (including phenoxy) is 1. The Kier molecular flexibility index (Phi) is 9.23. The summed E-state index contributed by atoms with van der Waals surface area (Å²) in [6.45, 7) is 4.02. The SMILES string of the molecule is COC(=O)c1cc(-c2ccc(N3CCN(C)CC3)cc2)sc1NC(=S)NNC(=O)CCc1ccc(O)c(O)c1. The van der Waals surface area contributed by atoms with Gasteiger partial charge in [-0.1, -0.05) is 18.2 Å². The van der Waals surface area contributed by atoms with Crippen LogP contribution in [-0.2, 0) is 16.0 Å². The molecular weight excluding hydrogens is 538 g/mol. The number of carbonyl (C=O) groups is 2. The van der Waals surface area contributed by atoms with Gasteiger partial charge in [0, 0.05) is 43.2 Å². The van der Waals surface area contributed by atoms with E-state index in [4.69, 9.17) is 17.0 Å². The van der Waals surface area contributed by atoms with Gasteiger partial charge in [0.1, 0.15) is 5.00 Å². The Labute approximate surface area is 236 Å². The van der Waals surface area contributed by atoms with Crippen LogP contribution in [0.15, 0.2) is 48.5 Å². The Morgan fingerprint density at radius 3 is 2.38 bits per heavy atom. The molecule has 4 rings (SSSR count). The number of nitrogens with zero attached hydrogens (tertiary/aromatic N) is 2. The van der Waals surface area contributed by atoms with Crippen LogP contribution in [0.25, 0.3) is 10.4 Å². The molecule has 2 aromatic carbocycles. The topological polar surface area (TPSA) is 126 Å². The van der Waals surface area contributed by atoms with Crippen molar-refractivity contribution in [3.63, 3.8) is 0 Å². The fourth-order valence-electron chi connectivity index (χ4n) is 4.09. The summed E-state index contributed by atoms with van der Waals surface area (Å²) in [5, 5.41) is 22.6. The van der Waals surface area contributed by atoms with Crippen LogP contribution in [0.4, 0.5) is 10.7 Å². The van der Waals surface area contributed by atoms with Gasteiger partial charge in [0.15, 0.2) is 16.6 Å². The third kappa shape index (κ3) is 7.37. The zero-order valence-corrected chi connectivity index (χ0v) is 23.3. The lowest BCUT2D eigenvalue weighted by atomic mass is 10.1. The summed E-state index contributed by atoms with van der Waals surface area (Å²) < 4.78 is 4.95. The summed E-state index contributed by atoms with van der Waals surface area (Å²) in [6, 6.07) is 14.4. The number of hydrogen-bond acceptors (Lipinski definition) is 9. The Morgan fingerprint density at radius 1 is 1.00 bits per heavy atom. The lowest BCUT2D eigenvalue weighted by Gasteiger charge is -2.34. The fraction of sp³-hybridized carbons (Fsp3) is 0.296. The van der Waals surface area contributed by atoms with E-state index in [2.05, 4.69) is 45.1 Å². The number of phenolic OH excluding ortho intramolecular Hbond substituents is 2. The zero-order valence-electron chi connectivity index (χ0n) is 21.7. The molecule has 0 saturated carbocycles. The highest BCUT2D eigenvalue weighted by molar-refractivity contribution is 7.80. The monoisotopic (exact) mass is 569 g/mol. The maximum Gasteiger partial charge on any atom is 0.340 e. The van der Waals surface area contributed by atoms with Gasteiger partial charge in [0.2, 0.25) is 5.91 Å². The summed E-state index contributed by atoms with van der Waals surface area (Å²) in [6.07, 6.45) is 0.483. The predicted octanol–water partition coefficient (Wildman–Crippen LogP) is 3.32. The van der Waals surface area contributed by atoms with Gasteiger partial charge in [0.25, 0.3) is 0 Å². The largest absolute Gasteiger partial charge is 0.504 e. The first kappa shape index (κ1) is 28.1. The van der Waals surface area contributed by atoms with E-state index >= 15 is 0 Å². The van der Waals surface area contributed by atoms with Gasteiger partial charge in [-0.15, -0.1) is 11.3 Å². The van der Waals surface area contributed by atoms with Crippen LogP contribution in [0, 0.1) is 0 Å². The second kappa shape index (κ2) is 12.8. The Bertz CT molecular complexity index is 1340. The molecule has 0 bridgehead atoms. The molecule has 0 radical (unpaired) electrons. The maximum absolute atomic E-state index is 12.4. The van der Waals surface area contributed by atoms with Crippen molar-refractivity contribution >= 4 is 51.2 Å². The van der Waals surface area contributed by atoms with E-state index in [1.165, 1.54) is 36.3 Å². The summed E-state index contributed by atoms with van der Waals surface area (Å²) in [7, 11) is 3.45. The zero-order chi connectivity index (χ0) is 27.9. The second-order valence-electron chi connectivity index (χ2n) is 9.13. The van der Waals surface area contributed by atoms with E-state index in [0.717, 1.165) is 36.6 Å². The number of aromatic hydroxyl groups is 2. The standard InChI is InChI=1S/C27H31N5O5S2/c1-31-11-13-32(14-12-31)19-7-5-18(6-8-19)23-16-20(26(36)37-2)25(39-23)28-27(38)30-29-24(35)10-4-17-3-9-21(33)22(34)15-17/h3,5-9,15-16,33-34H,4,10-14H2,1-2H3,(H,29,35)(H2,28,30,38). The van der Waals surface area contributed by atoms with Crippen LogP contribution in [0.1, 0.15) is 22.3 Å². The molecule has 39 heavy (non-hydrogen) atoms. The molecule has 1 aromatic heterocycles. The summed E-state index contributed by atoms with van der Waals surface area (Å²) in [4.78, 5) is 30.2. The van der Waals surface area contributed by atoms with Crippen LogP contribution < -0.4 is 21.1 Å². The lowest BCUT2D eigenvalue weighted by Crippen LogP contribution is -2.44. The van der Waals surface area contributed by atoms with Gasteiger partial charge < -0.3 is 30.1 Å². The number of aryl methyl sites for hydroxylation is 1. The lowest BCUT2D eigenvalue weighted by molar-refractivity contribution is -0.121. The van der Waals surface area contributed by atoms with E-state index in [-0.39, 0.29) is 28.9 Å². The minimum atomic E-state index is -0.502. The van der Waals surface area contributed by atoms with Crippen molar-refractivity contribution in [3.8, 4) is 21.9 Å². The smallest absolute Gasteiger partial charge is 0.340 e. The van der Waals surface area contributed by atoms with E-state index in [1.807, 2.05) is 12.1 Å². The molecule has 0 atom stereocenters. The van der Waals surface area contributed by atoms with Crippen molar-refractivity contribution in [3.05, 3.63) is 59.7 Å². The highest BCUT2D eigenvalue weighted by Gasteiger charge is 2.20. The first-order chi connectivity index (χ1) is 18.7. The number of benzene rings is 2. The van der Waals surface area contributed by atoms with Crippen LogP contribution >= 0.6 is 23.6 Å². The number of phenols is 2. The average Bonchev–Trinajstić information content (AvgIpc) is 3.36. The van der Waals surface area contributed by atoms with Gasteiger partial charge in [-0.05, 0) is 67.1 Å². The molecule has 0 aliphatic carbocycles. The molecule has 206 valence electrons. The van der Waals surface area contributed by atoms with Gasteiger partial charge in [-0.2, -0.15) is 0 Å². The number of likely N-dealkylation sites (N-methyl/N-ethyl adjacent to an activating group) is 1. The number of carbonyl (C=O) groups excluding carboxylic acids is 2. The van der Waals surface area contributed by atoms with E-state index in [9.17, 15) is 19.8 Å². The van der Waals surface area contributed by atoms with Crippen molar-refractivity contribution in [1.29, 1.82) is 0 Å². The number of anilines is 2. The van der Waals surface area contributed by atoms with Gasteiger partial charge in [0.05, 0.1) is 12.7 Å². The van der Waals surface area contributed by atoms with Crippen molar-refractivity contribution in [2.45, 2.75) is 12.8 Å². The molecule has 1 saturated heterocycles. The van der Waals surface area contributed by atoms with E-state index < -0.39 is 5.97 Å². The summed E-state index contributed by atoms with van der Waals surface area (Å²) in [5.74, 6) is -1.28. The van der Waals surface area contributed by atoms with Gasteiger partial charge in [-0.3, -0.25) is 15.6 Å². The van der Waals surface area contributed by atoms with Crippen LogP contribution in [0.5, 0.6) is 11.5 Å². The number of esters is 1. The highest BCUT2D eigenvalue weighted by atomic mass is 32.1. The molecule has 10 nitrogen and oxygen atoms in total. The number of hydrogen-bond donors (Lipinski definition) is 5. The van der Waals surface area contributed by atoms with Crippen LogP contribution in [0.2, 0.25) is 0 Å². The number of thiophene rings is 1.